The van der Waals surface area contributed by atoms with Gasteiger partial charge in [0.1, 0.15) is 0 Å². The van der Waals surface area contributed by atoms with E-state index in [4.69, 9.17) is 0 Å². The minimum Gasteiger partial charge on any atom is -0.378 e. The Labute approximate surface area is 230 Å². The van der Waals surface area contributed by atoms with E-state index in [1.807, 2.05) is 24.3 Å². The third-order valence-corrected chi connectivity index (χ3v) is 9.87. The van der Waals surface area contributed by atoms with Crippen molar-refractivity contribution in [3.8, 4) is 0 Å². The summed E-state index contributed by atoms with van der Waals surface area (Å²) < 4.78 is 0. The molecular formula is C34H37N3O2. The highest BCUT2D eigenvalue weighted by Gasteiger charge is 2.53. The summed E-state index contributed by atoms with van der Waals surface area (Å²) in [6.07, 6.45) is 9.50. The summed E-state index contributed by atoms with van der Waals surface area (Å²) in [6.45, 7) is 0. The van der Waals surface area contributed by atoms with Crippen molar-refractivity contribution < 1.29 is 9.59 Å². The minimum atomic E-state index is -0.166. The fraction of sp³-hybridized carbons (Fsp3) is 0.412. The molecule has 0 aromatic heterocycles. The summed E-state index contributed by atoms with van der Waals surface area (Å²) in [4.78, 5) is 26.7. The van der Waals surface area contributed by atoms with E-state index in [0.717, 1.165) is 37.3 Å². The average molecular weight is 520 g/mol. The number of carbonyl (C=O) groups is 2. The van der Waals surface area contributed by atoms with Crippen LogP contribution in [-0.2, 0) is 0 Å². The first-order valence-corrected chi connectivity index (χ1v) is 14.8. The fourth-order valence-electron chi connectivity index (χ4n) is 8.11. The van der Waals surface area contributed by atoms with E-state index >= 15 is 0 Å². The van der Waals surface area contributed by atoms with Crippen LogP contribution in [0, 0.1) is 17.8 Å². The first kappa shape index (κ1) is 24.4. The molecule has 2 amide bonds. The second-order valence-electron chi connectivity index (χ2n) is 12.1. The molecule has 3 aromatic carbocycles. The molecule has 0 spiro atoms. The fourth-order valence-corrected chi connectivity index (χ4v) is 8.11. The summed E-state index contributed by atoms with van der Waals surface area (Å²) in [5, 5.41) is 10.1. The Kier molecular flexibility index (Phi) is 6.38. The lowest BCUT2D eigenvalue weighted by atomic mass is 9.68. The zero-order chi connectivity index (χ0) is 26.3. The Hall–Kier alpha value is -3.60. The molecule has 7 rings (SSSR count). The van der Waals surface area contributed by atoms with Crippen molar-refractivity contribution in [2.24, 2.45) is 17.8 Å². The highest BCUT2D eigenvalue weighted by Crippen LogP contribution is 2.63. The number of hydrogen-bond acceptors (Lipinski definition) is 3. The van der Waals surface area contributed by atoms with E-state index in [1.165, 1.54) is 36.8 Å². The molecule has 3 N–H and O–H groups in total. The van der Waals surface area contributed by atoms with Crippen LogP contribution in [0.3, 0.4) is 0 Å². The van der Waals surface area contributed by atoms with Gasteiger partial charge < -0.3 is 16.0 Å². The topological polar surface area (TPSA) is 70.2 Å². The van der Waals surface area contributed by atoms with Gasteiger partial charge in [0.05, 0.1) is 17.3 Å². The Morgan fingerprint density at radius 3 is 2.38 bits per heavy atom. The molecule has 1 aliphatic heterocycles. The summed E-state index contributed by atoms with van der Waals surface area (Å²) in [5.41, 5.74) is 5.54. The minimum absolute atomic E-state index is 0.107. The normalized spacial score (nSPS) is 27.2. The predicted molar refractivity (Wildman–Crippen MR) is 155 cm³/mol. The number of fused-ring (bicyclic) bond motifs is 7. The molecule has 1 heterocycles. The summed E-state index contributed by atoms with van der Waals surface area (Å²) in [7, 11) is 0. The van der Waals surface area contributed by atoms with Crippen LogP contribution in [0.5, 0.6) is 0 Å². The molecule has 2 bridgehead atoms. The molecule has 0 unspecified atom stereocenters. The van der Waals surface area contributed by atoms with Crippen LogP contribution >= 0.6 is 0 Å². The smallest absolute Gasteiger partial charge is 0.255 e. The Morgan fingerprint density at radius 1 is 0.769 bits per heavy atom. The third-order valence-electron chi connectivity index (χ3n) is 9.87. The summed E-state index contributed by atoms with van der Waals surface area (Å²) >= 11 is 0. The molecule has 0 saturated heterocycles. The standard InChI is InChI=1S/C34H37N3O2/c38-33(37-28-14-8-7-13-26(28)34(39)35-25-11-5-2-6-12-25)24-17-18-29-27(20-24)30-22-15-16-23(19-22)31(30)32(36-29)21-9-3-1-4-10-21/h1,3-4,7-10,13-14,17-18,20,22-23,25,30-32,36H,2,5-6,11-12,15-16,19H2,(H,35,39)(H,37,38)/t22-,23-,30-,31-,32-/m0/s1. The molecule has 39 heavy (non-hydrogen) atoms. The van der Waals surface area contributed by atoms with Crippen LogP contribution in [0.2, 0.25) is 0 Å². The van der Waals surface area contributed by atoms with E-state index in [-0.39, 0.29) is 17.9 Å². The molecule has 5 heteroatoms. The molecule has 200 valence electrons. The van der Waals surface area contributed by atoms with Gasteiger partial charge in [-0.15, -0.1) is 0 Å². The first-order chi connectivity index (χ1) is 19.2. The molecule has 3 aromatic rings. The zero-order valence-electron chi connectivity index (χ0n) is 22.4. The molecule has 0 radical (unpaired) electrons. The van der Waals surface area contributed by atoms with Gasteiger partial charge in [0.2, 0.25) is 0 Å². The van der Waals surface area contributed by atoms with Gasteiger partial charge in [-0.2, -0.15) is 0 Å². The van der Waals surface area contributed by atoms with Crippen LogP contribution in [0.4, 0.5) is 11.4 Å². The lowest BCUT2D eigenvalue weighted by Crippen LogP contribution is -2.36. The van der Waals surface area contributed by atoms with Crippen molar-refractivity contribution in [1.29, 1.82) is 0 Å². The van der Waals surface area contributed by atoms with Crippen LogP contribution < -0.4 is 16.0 Å². The lowest BCUT2D eigenvalue weighted by molar-refractivity contribution is 0.0928. The largest absolute Gasteiger partial charge is 0.378 e. The lowest BCUT2D eigenvalue weighted by Gasteiger charge is -2.43. The van der Waals surface area contributed by atoms with Crippen molar-refractivity contribution in [1.82, 2.24) is 5.32 Å². The number of amides is 2. The number of para-hydroxylation sites is 1. The van der Waals surface area contributed by atoms with Gasteiger partial charge in [-0.1, -0.05) is 61.7 Å². The van der Waals surface area contributed by atoms with E-state index < -0.39 is 0 Å². The quantitative estimate of drug-likeness (QED) is 0.331. The Morgan fingerprint density at radius 2 is 1.54 bits per heavy atom. The van der Waals surface area contributed by atoms with Crippen LogP contribution in [0.1, 0.15) is 95.2 Å². The third kappa shape index (κ3) is 4.52. The van der Waals surface area contributed by atoms with Gasteiger partial charge in [0.15, 0.2) is 0 Å². The van der Waals surface area contributed by atoms with Gasteiger partial charge in [-0.3, -0.25) is 9.59 Å². The number of rotatable bonds is 5. The highest BCUT2D eigenvalue weighted by molar-refractivity contribution is 6.09. The zero-order valence-corrected chi connectivity index (χ0v) is 22.4. The second-order valence-corrected chi connectivity index (χ2v) is 12.1. The van der Waals surface area contributed by atoms with Crippen molar-refractivity contribution in [3.05, 3.63) is 95.1 Å². The van der Waals surface area contributed by atoms with Crippen LogP contribution in [-0.4, -0.2) is 17.9 Å². The van der Waals surface area contributed by atoms with Gasteiger partial charge in [-0.05, 0) is 97.2 Å². The van der Waals surface area contributed by atoms with E-state index in [9.17, 15) is 9.59 Å². The molecule has 5 atom stereocenters. The summed E-state index contributed by atoms with van der Waals surface area (Å²) in [5.74, 6) is 2.19. The number of carbonyl (C=O) groups excluding carboxylic acids is 2. The Bertz CT molecular complexity index is 1380. The van der Waals surface area contributed by atoms with Crippen molar-refractivity contribution in [2.75, 3.05) is 10.6 Å². The SMILES string of the molecule is O=C(Nc1ccccc1C(=O)NC1CCCCC1)c1ccc2c(c1)[C@@H]1[C@H]3CC[C@@H](C3)[C@@H]1[C@H](c1ccccc1)N2. The van der Waals surface area contributed by atoms with E-state index in [1.54, 1.807) is 6.07 Å². The van der Waals surface area contributed by atoms with Crippen molar-refractivity contribution in [2.45, 2.75) is 69.4 Å². The van der Waals surface area contributed by atoms with Crippen molar-refractivity contribution in [3.63, 3.8) is 0 Å². The van der Waals surface area contributed by atoms with Gasteiger partial charge in [0.25, 0.3) is 11.8 Å². The maximum Gasteiger partial charge on any atom is 0.255 e. The maximum absolute atomic E-state index is 13.5. The van der Waals surface area contributed by atoms with Gasteiger partial charge in [0, 0.05) is 17.3 Å². The average Bonchev–Trinajstić information content (AvgIpc) is 3.61. The molecule has 3 aliphatic carbocycles. The monoisotopic (exact) mass is 519 g/mol. The number of hydrogen-bond donors (Lipinski definition) is 3. The number of benzene rings is 3. The number of anilines is 2. The molecular weight excluding hydrogens is 482 g/mol. The first-order valence-electron chi connectivity index (χ1n) is 14.8. The van der Waals surface area contributed by atoms with Crippen LogP contribution in [0.15, 0.2) is 72.8 Å². The van der Waals surface area contributed by atoms with Crippen LogP contribution in [0.25, 0.3) is 0 Å². The second kappa shape index (κ2) is 10.2. The van der Waals surface area contributed by atoms with Crippen molar-refractivity contribution >= 4 is 23.2 Å². The highest BCUT2D eigenvalue weighted by atomic mass is 16.2. The van der Waals surface area contributed by atoms with Gasteiger partial charge >= 0.3 is 0 Å². The number of nitrogens with one attached hydrogen (secondary N) is 3. The Balaban J connectivity index is 1.14. The van der Waals surface area contributed by atoms with E-state index in [0.29, 0.717) is 40.6 Å². The molecule has 5 nitrogen and oxygen atoms in total. The van der Waals surface area contributed by atoms with Gasteiger partial charge in [-0.25, -0.2) is 0 Å². The summed E-state index contributed by atoms with van der Waals surface area (Å²) in [6, 6.07) is 24.8. The maximum atomic E-state index is 13.5. The molecule has 3 fully saturated rings. The van der Waals surface area contributed by atoms with E-state index in [2.05, 4.69) is 58.4 Å². The molecule has 4 aliphatic rings. The predicted octanol–water partition coefficient (Wildman–Crippen LogP) is 7.30. The molecule has 3 saturated carbocycles.